The molecule has 0 saturated carbocycles. The number of hydrogen-bond acceptors (Lipinski definition) is 5. The molecule has 29 heavy (non-hydrogen) atoms. The quantitative estimate of drug-likeness (QED) is 0.693. The first-order valence-electron chi connectivity index (χ1n) is 9.91. The molecule has 0 bridgehead atoms. The minimum Gasteiger partial charge on any atom is -0.497 e. The van der Waals surface area contributed by atoms with Crippen molar-refractivity contribution in [3.8, 4) is 17.0 Å². The van der Waals surface area contributed by atoms with Crippen LogP contribution in [0.2, 0.25) is 0 Å². The Balaban J connectivity index is 1.50. The van der Waals surface area contributed by atoms with Crippen LogP contribution >= 0.6 is 0 Å². The number of hydrogen-bond donors (Lipinski definition) is 1. The fourth-order valence-electron chi connectivity index (χ4n) is 3.64. The average molecular weight is 393 g/mol. The predicted molar refractivity (Wildman–Crippen MR) is 115 cm³/mol. The van der Waals surface area contributed by atoms with E-state index in [1.54, 1.807) is 7.11 Å². The zero-order valence-corrected chi connectivity index (χ0v) is 17.3. The Morgan fingerprint density at radius 2 is 1.90 bits per heavy atom. The maximum Gasteiger partial charge on any atom is 0.126 e. The molecule has 2 aromatic carbocycles. The molecular weight excluding hydrogens is 364 g/mol. The topological polar surface area (TPSA) is 53.6 Å². The number of aromatic nitrogens is 2. The van der Waals surface area contributed by atoms with Gasteiger partial charge in [0.2, 0.25) is 0 Å². The van der Waals surface area contributed by atoms with Crippen molar-refractivity contribution in [2.24, 2.45) is 0 Å². The number of H-pyrrole nitrogens is 1. The molecule has 0 radical (unpaired) electrons. The summed E-state index contributed by atoms with van der Waals surface area (Å²) in [5, 5.41) is 0. The fraction of sp³-hybridized carbons (Fsp3) is 0.348. The Kier molecular flexibility index (Phi) is 5.83. The number of aromatic amines is 1. The third-order valence-corrected chi connectivity index (χ3v) is 5.39. The number of morpholine rings is 1. The van der Waals surface area contributed by atoms with E-state index in [9.17, 15) is 0 Å². The summed E-state index contributed by atoms with van der Waals surface area (Å²) < 4.78 is 11.0. The Morgan fingerprint density at radius 3 is 2.59 bits per heavy atom. The second-order valence-corrected chi connectivity index (χ2v) is 7.53. The third kappa shape index (κ3) is 4.44. The van der Waals surface area contributed by atoms with Crippen molar-refractivity contribution in [2.75, 3.05) is 45.9 Å². The maximum absolute atomic E-state index is 5.78. The molecule has 1 atom stereocenters. The molecule has 0 spiro atoms. The van der Waals surface area contributed by atoms with E-state index >= 15 is 0 Å². The summed E-state index contributed by atoms with van der Waals surface area (Å²) in [4.78, 5) is 12.7. The Morgan fingerprint density at radius 1 is 1.14 bits per heavy atom. The summed E-state index contributed by atoms with van der Waals surface area (Å²) >= 11 is 0. The van der Waals surface area contributed by atoms with Gasteiger partial charge in [-0.2, -0.15) is 0 Å². The summed E-state index contributed by atoms with van der Waals surface area (Å²) in [6.45, 7) is 3.16. The lowest BCUT2D eigenvalue weighted by Gasteiger charge is -2.34. The number of nitrogens with one attached hydrogen (secondary N) is 1. The van der Waals surface area contributed by atoms with Gasteiger partial charge in [0, 0.05) is 32.9 Å². The first kappa shape index (κ1) is 19.5. The number of methoxy groups -OCH3 is 1. The van der Waals surface area contributed by atoms with E-state index in [0.717, 1.165) is 42.5 Å². The van der Waals surface area contributed by atoms with Gasteiger partial charge in [-0.1, -0.05) is 12.1 Å². The number of nitrogens with zero attached hydrogens (tertiary/aromatic N) is 3. The van der Waals surface area contributed by atoms with Crippen LogP contribution < -0.4 is 9.64 Å². The van der Waals surface area contributed by atoms with Gasteiger partial charge in [-0.3, -0.25) is 4.90 Å². The van der Waals surface area contributed by atoms with Crippen LogP contribution in [0.25, 0.3) is 11.3 Å². The molecule has 3 aromatic rings. The van der Waals surface area contributed by atoms with Crippen LogP contribution in [-0.2, 0) is 11.3 Å². The van der Waals surface area contributed by atoms with E-state index in [1.165, 1.54) is 11.3 Å². The molecule has 6 nitrogen and oxygen atoms in total. The molecule has 1 aromatic heterocycles. The minimum absolute atomic E-state index is 0.115. The van der Waals surface area contributed by atoms with Crippen LogP contribution in [0.15, 0.2) is 54.7 Å². The molecule has 1 saturated heterocycles. The molecule has 1 aliphatic rings. The number of imidazole rings is 1. The van der Waals surface area contributed by atoms with Gasteiger partial charge in [0.1, 0.15) is 11.6 Å². The molecule has 1 fully saturated rings. The molecule has 152 valence electrons. The second kappa shape index (κ2) is 8.68. The van der Waals surface area contributed by atoms with Crippen molar-refractivity contribution < 1.29 is 9.47 Å². The van der Waals surface area contributed by atoms with E-state index in [4.69, 9.17) is 9.47 Å². The van der Waals surface area contributed by atoms with Crippen LogP contribution in [0, 0.1) is 0 Å². The van der Waals surface area contributed by atoms with Crippen molar-refractivity contribution in [1.82, 2.24) is 14.9 Å². The van der Waals surface area contributed by atoms with E-state index in [2.05, 4.69) is 58.1 Å². The number of anilines is 1. The Labute approximate surface area is 172 Å². The third-order valence-electron chi connectivity index (χ3n) is 5.39. The number of benzene rings is 2. The highest BCUT2D eigenvalue weighted by molar-refractivity contribution is 5.59. The van der Waals surface area contributed by atoms with E-state index in [1.807, 2.05) is 30.5 Å². The highest BCUT2D eigenvalue weighted by Gasteiger charge is 2.27. The molecule has 0 aliphatic carbocycles. The van der Waals surface area contributed by atoms with Crippen LogP contribution in [0.3, 0.4) is 0 Å². The van der Waals surface area contributed by atoms with Crippen LogP contribution in [0.1, 0.15) is 17.4 Å². The molecule has 2 heterocycles. The standard InChI is InChI=1S/C23H28N4O2/c1-26(2)19-8-4-17(5-9-19)15-27-12-13-29-16-22(27)23-24-14-21(25-23)18-6-10-20(28-3)11-7-18/h4-11,14,22H,12-13,15-16H2,1-3H3,(H,24,25)/t22-/m0/s1. The van der Waals surface area contributed by atoms with Gasteiger partial charge in [-0.25, -0.2) is 4.98 Å². The minimum atomic E-state index is 0.115. The molecular formula is C23H28N4O2. The highest BCUT2D eigenvalue weighted by atomic mass is 16.5. The first-order chi connectivity index (χ1) is 14.1. The lowest BCUT2D eigenvalue weighted by molar-refractivity contribution is -0.0156. The number of ether oxygens (including phenoxy) is 2. The van der Waals surface area contributed by atoms with Gasteiger partial charge < -0.3 is 19.4 Å². The van der Waals surface area contributed by atoms with Crippen molar-refractivity contribution in [3.63, 3.8) is 0 Å². The van der Waals surface area contributed by atoms with E-state index in [0.29, 0.717) is 6.61 Å². The monoisotopic (exact) mass is 392 g/mol. The van der Waals surface area contributed by atoms with Gasteiger partial charge in [0.15, 0.2) is 0 Å². The van der Waals surface area contributed by atoms with Crippen molar-refractivity contribution in [2.45, 2.75) is 12.6 Å². The Hall–Kier alpha value is -2.83. The van der Waals surface area contributed by atoms with Crippen LogP contribution in [0.5, 0.6) is 5.75 Å². The zero-order valence-electron chi connectivity index (χ0n) is 17.3. The van der Waals surface area contributed by atoms with Gasteiger partial charge in [-0.15, -0.1) is 0 Å². The smallest absolute Gasteiger partial charge is 0.126 e. The van der Waals surface area contributed by atoms with Crippen molar-refractivity contribution in [1.29, 1.82) is 0 Å². The molecule has 0 unspecified atom stereocenters. The second-order valence-electron chi connectivity index (χ2n) is 7.53. The van der Waals surface area contributed by atoms with E-state index in [-0.39, 0.29) is 6.04 Å². The zero-order chi connectivity index (χ0) is 20.2. The summed E-state index contributed by atoms with van der Waals surface area (Å²) in [5.74, 6) is 1.79. The van der Waals surface area contributed by atoms with Crippen molar-refractivity contribution in [3.05, 3.63) is 66.1 Å². The Bertz CT molecular complexity index is 919. The average Bonchev–Trinajstić information content (AvgIpc) is 3.25. The van der Waals surface area contributed by atoms with Gasteiger partial charge >= 0.3 is 0 Å². The molecule has 1 aliphatic heterocycles. The van der Waals surface area contributed by atoms with Gasteiger partial charge in [-0.05, 0) is 47.5 Å². The normalized spacial score (nSPS) is 17.3. The summed E-state index contributed by atoms with van der Waals surface area (Å²) in [7, 11) is 5.80. The summed E-state index contributed by atoms with van der Waals surface area (Å²) in [5.41, 5.74) is 4.60. The summed E-state index contributed by atoms with van der Waals surface area (Å²) in [6.07, 6.45) is 1.90. The fourth-order valence-corrected chi connectivity index (χ4v) is 3.64. The predicted octanol–water partition coefficient (Wildman–Crippen LogP) is 3.72. The van der Waals surface area contributed by atoms with Crippen LogP contribution in [-0.4, -0.2) is 55.8 Å². The lowest BCUT2D eigenvalue weighted by atomic mass is 10.1. The maximum atomic E-state index is 5.78. The summed E-state index contributed by atoms with van der Waals surface area (Å²) in [6, 6.07) is 16.9. The molecule has 4 rings (SSSR count). The SMILES string of the molecule is COc1ccc(-c2cnc([C@@H]3COCCN3Cc3ccc(N(C)C)cc3)[nH]2)cc1. The first-order valence-corrected chi connectivity index (χ1v) is 9.91. The van der Waals surface area contributed by atoms with Crippen molar-refractivity contribution >= 4 is 5.69 Å². The van der Waals surface area contributed by atoms with Gasteiger partial charge in [0.05, 0.1) is 38.3 Å². The van der Waals surface area contributed by atoms with Crippen LogP contribution in [0.4, 0.5) is 5.69 Å². The highest BCUT2D eigenvalue weighted by Crippen LogP contribution is 2.27. The lowest BCUT2D eigenvalue weighted by Crippen LogP contribution is -2.39. The largest absolute Gasteiger partial charge is 0.497 e. The molecule has 6 heteroatoms. The molecule has 0 amide bonds. The van der Waals surface area contributed by atoms with E-state index < -0.39 is 0 Å². The van der Waals surface area contributed by atoms with Gasteiger partial charge in [0.25, 0.3) is 0 Å². The number of rotatable bonds is 6. The molecule has 1 N–H and O–H groups in total.